The smallest absolute Gasteiger partial charge is 1.00 e. The molecule has 76 valence electrons. The quantitative estimate of drug-likeness (QED) is 0.222. The number of halogens is 4. The summed E-state index contributed by atoms with van der Waals surface area (Å²) in [5, 5.41) is 0. The Morgan fingerprint density at radius 3 is 1.62 bits per heavy atom. The van der Waals surface area contributed by atoms with E-state index in [2.05, 4.69) is 16.1 Å². The molecule has 0 N–H and O–H groups in total. The van der Waals surface area contributed by atoms with Crippen molar-refractivity contribution in [2.75, 3.05) is 0 Å². The minimum absolute atomic E-state index is 0. The summed E-state index contributed by atoms with van der Waals surface area (Å²) >= 11 is 0. The van der Waals surface area contributed by atoms with Crippen LogP contribution in [0, 0.1) is 6.92 Å². The van der Waals surface area contributed by atoms with Crippen LogP contribution in [0.4, 0.5) is 0 Å². The summed E-state index contributed by atoms with van der Waals surface area (Å²) in [6, 6.07) is 0. The Bertz CT molecular complexity index is 185. The molecule has 0 atom stereocenters. The Balaban J connectivity index is -0.0000000427. The maximum Gasteiger partial charge on any atom is 3.00 e. The van der Waals surface area contributed by atoms with E-state index in [1.54, 1.807) is 0 Å². The van der Waals surface area contributed by atoms with Crippen molar-refractivity contribution in [2.24, 2.45) is 14.1 Å². The molecule has 1 aromatic heterocycles. The number of hydrogen-bond acceptors (Lipinski definition) is 0. The molecule has 7 heteroatoms. The van der Waals surface area contributed by atoms with Crippen molar-refractivity contribution in [1.29, 1.82) is 0 Å². The van der Waals surface area contributed by atoms with Gasteiger partial charge in [-0.25, -0.2) is 9.13 Å². The molecule has 0 bridgehead atoms. The van der Waals surface area contributed by atoms with E-state index in [1.165, 1.54) is 5.82 Å². The van der Waals surface area contributed by atoms with Gasteiger partial charge in [-0.1, -0.05) is 0 Å². The largest absolute Gasteiger partial charge is 3.00 e. The van der Waals surface area contributed by atoms with Crippen molar-refractivity contribution >= 4 is 8.41 Å². The van der Waals surface area contributed by atoms with Gasteiger partial charge in [0.1, 0.15) is 12.4 Å². The maximum atomic E-state index is 2.08. The van der Waals surface area contributed by atoms with Crippen LogP contribution in [0.15, 0.2) is 12.4 Å². The second-order valence-corrected chi connectivity index (χ2v) is 2.07. The van der Waals surface area contributed by atoms with E-state index in [-0.39, 0.29) is 27.2 Å². The molecule has 2 nitrogen and oxygen atoms in total. The number of aromatic nitrogens is 2. The predicted molar refractivity (Wildman–Crippen MR) is 37.1 cm³/mol. The number of hydrogen-bond donors (Lipinski definition) is 0. The topological polar surface area (TPSA) is 8.81 Å². The Kier molecular flexibility index (Phi) is 25.1. The SMILES string of the molecule is Cc1n(C)cc[n+]1C.[B+3].[F-].[F-].[F-].[F-]. The zero-order valence-electron chi connectivity index (χ0n) is 7.64. The van der Waals surface area contributed by atoms with Crippen LogP contribution in [0.25, 0.3) is 0 Å². The van der Waals surface area contributed by atoms with Gasteiger partial charge in [-0.3, -0.25) is 0 Å². The van der Waals surface area contributed by atoms with Crippen molar-refractivity contribution in [3.63, 3.8) is 0 Å². The maximum absolute atomic E-state index is 2.08. The standard InChI is InChI=1S/C6H11N2.B.4FH/c1-6-7(2)4-5-8(6)3;;;;;/h4-5H,1-3H3;;4*1H/q+1;+3;;;;/p-4. The predicted octanol–water partition coefficient (Wildman–Crippen LogP) is -12.2. The molecule has 0 aliphatic rings. The van der Waals surface area contributed by atoms with Gasteiger partial charge < -0.3 is 18.8 Å². The summed E-state index contributed by atoms with van der Waals surface area (Å²) in [4.78, 5) is 0. The van der Waals surface area contributed by atoms with E-state index >= 15 is 0 Å². The third-order valence-electron chi connectivity index (χ3n) is 1.53. The van der Waals surface area contributed by atoms with E-state index in [0.29, 0.717) is 0 Å². The molecule has 1 rings (SSSR count). The van der Waals surface area contributed by atoms with Gasteiger partial charge in [0.05, 0.1) is 14.1 Å². The summed E-state index contributed by atoms with van der Waals surface area (Å²) in [7, 11) is 4.07. The van der Waals surface area contributed by atoms with Crippen LogP contribution in [0.5, 0.6) is 0 Å². The van der Waals surface area contributed by atoms with Crippen LogP contribution < -0.4 is 23.4 Å². The molecule has 0 unspecified atom stereocenters. The molecule has 0 spiro atoms. The van der Waals surface area contributed by atoms with Crippen LogP contribution in [0.1, 0.15) is 5.82 Å². The number of rotatable bonds is 0. The molecule has 0 aliphatic carbocycles. The van der Waals surface area contributed by atoms with Crippen molar-refractivity contribution in [2.45, 2.75) is 6.92 Å². The number of imidazole rings is 1. The molecule has 1 heterocycles. The van der Waals surface area contributed by atoms with Crippen LogP contribution in [0.3, 0.4) is 0 Å². The molecule has 0 aromatic carbocycles. The van der Waals surface area contributed by atoms with E-state index in [1.807, 2.05) is 26.5 Å². The molecule has 0 aliphatic heterocycles. The average Bonchev–Trinajstić information content (AvgIpc) is 1.98. The van der Waals surface area contributed by atoms with E-state index in [9.17, 15) is 0 Å². The fraction of sp³-hybridized carbons (Fsp3) is 0.500. The molecule has 13 heavy (non-hydrogen) atoms. The monoisotopic (exact) mass is 198 g/mol. The van der Waals surface area contributed by atoms with Gasteiger partial charge in [-0.2, -0.15) is 0 Å². The second-order valence-electron chi connectivity index (χ2n) is 2.07. The summed E-state index contributed by atoms with van der Waals surface area (Å²) < 4.78 is 4.17. The second kappa shape index (κ2) is 11.0. The zero-order valence-corrected chi connectivity index (χ0v) is 7.64. The van der Waals surface area contributed by atoms with Gasteiger partial charge in [0, 0.05) is 6.92 Å². The van der Waals surface area contributed by atoms with Gasteiger partial charge in [0.15, 0.2) is 0 Å². The minimum Gasteiger partial charge on any atom is -1.00 e. The Hall–Kier alpha value is -1.01. The van der Waals surface area contributed by atoms with Crippen LogP contribution in [0.2, 0.25) is 0 Å². The molecular weight excluding hydrogens is 187 g/mol. The molecule has 0 saturated heterocycles. The van der Waals surface area contributed by atoms with Gasteiger partial charge >= 0.3 is 8.41 Å². The number of aryl methyl sites for hydroxylation is 2. The fourth-order valence-corrected chi connectivity index (χ4v) is 0.665. The van der Waals surface area contributed by atoms with Gasteiger partial charge in [-0.05, 0) is 0 Å². The molecule has 0 amide bonds. The molecule has 1 aromatic rings. The Morgan fingerprint density at radius 1 is 1.15 bits per heavy atom. The Morgan fingerprint density at radius 2 is 1.54 bits per heavy atom. The summed E-state index contributed by atoms with van der Waals surface area (Å²) in [5.74, 6) is 1.27. The average molecular weight is 198 g/mol. The summed E-state index contributed by atoms with van der Waals surface area (Å²) in [5.41, 5.74) is 0. The van der Waals surface area contributed by atoms with Crippen LogP contribution in [-0.4, -0.2) is 13.0 Å². The fourth-order valence-electron chi connectivity index (χ4n) is 0.665. The summed E-state index contributed by atoms with van der Waals surface area (Å²) in [6.07, 6.45) is 4.07. The van der Waals surface area contributed by atoms with Gasteiger partial charge in [0.2, 0.25) is 0 Å². The minimum atomic E-state index is 0. The Labute approximate surface area is 76.6 Å². The normalized spacial score (nSPS) is 6.08. The third-order valence-corrected chi connectivity index (χ3v) is 1.53. The third kappa shape index (κ3) is 6.18. The van der Waals surface area contributed by atoms with E-state index in [0.717, 1.165) is 0 Å². The first-order valence-electron chi connectivity index (χ1n) is 2.69. The van der Waals surface area contributed by atoms with Gasteiger partial charge in [-0.15, -0.1) is 0 Å². The van der Waals surface area contributed by atoms with E-state index in [4.69, 9.17) is 0 Å². The van der Waals surface area contributed by atoms with Crippen molar-refractivity contribution in [1.82, 2.24) is 4.57 Å². The molecule has 0 fully saturated rings. The van der Waals surface area contributed by atoms with Gasteiger partial charge in [0.25, 0.3) is 5.82 Å². The summed E-state index contributed by atoms with van der Waals surface area (Å²) in [6.45, 7) is 2.08. The first kappa shape index (κ1) is 29.6. The molecule has 0 saturated carbocycles. The van der Waals surface area contributed by atoms with Crippen molar-refractivity contribution < 1.29 is 23.4 Å². The van der Waals surface area contributed by atoms with Crippen molar-refractivity contribution in [3.8, 4) is 0 Å². The first-order chi connectivity index (χ1) is 3.72. The first-order valence-corrected chi connectivity index (χ1v) is 2.69. The van der Waals surface area contributed by atoms with Crippen LogP contribution >= 0.6 is 0 Å². The molecule has 0 radical (unpaired) electrons. The van der Waals surface area contributed by atoms with Crippen molar-refractivity contribution in [3.05, 3.63) is 18.2 Å². The van der Waals surface area contributed by atoms with Crippen LogP contribution in [-0.2, 0) is 14.1 Å². The van der Waals surface area contributed by atoms with E-state index < -0.39 is 0 Å². The zero-order chi connectivity index (χ0) is 6.15. The molecular formula is C6H11BF4N2. The number of nitrogens with zero attached hydrogens (tertiary/aromatic N) is 2.